The van der Waals surface area contributed by atoms with E-state index in [0.717, 1.165) is 0 Å². The van der Waals surface area contributed by atoms with E-state index < -0.39 is 0 Å². The van der Waals surface area contributed by atoms with Gasteiger partial charge in [0.1, 0.15) is 0 Å². The van der Waals surface area contributed by atoms with Crippen molar-refractivity contribution in [1.29, 1.82) is 0 Å². The van der Waals surface area contributed by atoms with E-state index in [1.807, 2.05) is 12.4 Å². The maximum atomic E-state index is 4.47. The molecule has 2 heteroatoms. The van der Waals surface area contributed by atoms with Crippen molar-refractivity contribution in [3.8, 4) is 22.3 Å². The van der Waals surface area contributed by atoms with Crippen molar-refractivity contribution in [2.75, 3.05) is 0 Å². The Morgan fingerprint density at radius 2 is 1.14 bits per heavy atom. The fraction of sp³-hybridized carbons (Fsp3) is 0. The van der Waals surface area contributed by atoms with Gasteiger partial charge in [-0.3, -0.25) is 4.98 Å². The Morgan fingerprint density at radius 3 is 2.03 bits per heavy atom. The molecule has 0 aliphatic heterocycles. The van der Waals surface area contributed by atoms with E-state index in [2.05, 4.69) is 119 Å². The van der Waals surface area contributed by atoms with Gasteiger partial charge in [-0.2, -0.15) is 0 Å². The Morgan fingerprint density at radius 1 is 0.432 bits per heavy atom. The van der Waals surface area contributed by atoms with Crippen LogP contribution in [0.3, 0.4) is 0 Å². The molecule has 9 rings (SSSR count). The van der Waals surface area contributed by atoms with E-state index in [1.54, 1.807) is 0 Å². The average molecular weight is 469 g/mol. The predicted molar refractivity (Wildman–Crippen MR) is 156 cm³/mol. The lowest BCUT2D eigenvalue weighted by molar-refractivity contribution is 1.37. The molecule has 0 saturated heterocycles. The molecule has 0 N–H and O–H groups in total. The van der Waals surface area contributed by atoms with E-state index in [1.165, 1.54) is 81.9 Å². The number of hydrogen-bond donors (Lipinski definition) is 0. The number of rotatable bonds is 2. The van der Waals surface area contributed by atoms with Crippen LogP contribution in [0.15, 0.2) is 122 Å². The molecule has 0 aliphatic carbocycles. The van der Waals surface area contributed by atoms with Crippen LogP contribution < -0.4 is 0 Å². The van der Waals surface area contributed by atoms with Crippen LogP contribution in [0.25, 0.3) is 81.9 Å². The maximum Gasteiger partial charge on any atom is 0.0627 e. The lowest BCUT2D eigenvalue weighted by atomic mass is 9.94. The molecule has 0 aliphatic rings. The van der Waals surface area contributed by atoms with Gasteiger partial charge in [-0.1, -0.05) is 97.1 Å². The van der Waals surface area contributed by atoms with Crippen molar-refractivity contribution in [1.82, 2.24) is 9.38 Å². The van der Waals surface area contributed by atoms with Gasteiger partial charge >= 0.3 is 0 Å². The fourth-order valence-corrected chi connectivity index (χ4v) is 6.64. The summed E-state index contributed by atoms with van der Waals surface area (Å²) >= 11 is 0. The number of pyridine rings is 1. The van der Waals surface area contributed by atoms with Crippen LogP contribution in [0.5, 0.6) is 0 Å². The summed E-state index contributed by atoms with van der Waals surface area (Å²) in [4.78, 5) is 4.47. The molecule has 0 radical (unpaired) electrons. The molecule has 3 aromatic heterocycles. The molecule has 0 spiro atoms. The SMILES string of the molecule is c1ccc(-c2ccc(-c3cccc4c5ccc6c7ccncc7c7cccc8c7c6c5n8c34)cc2)cc1. The van der Waals surface area contributed by atoms with Crippen molar-refractivity contribution < 1.29 is 0 Å². The van der Waals surface area contributed by atoms with Gasteiger partial charge in [0.05, 0.1) is 16.6 Å². The minimum atomic E-state index is 1.22. The lowest BCUT2D eigenvalue weighted by Crippen LogP contribution is -1.87. The van der Waals surface area contributed by atoms with Gasteiger partial charge in [-0.05, 0) is 45.0 Å². The summed E-state index contributed by atoms with van der Waals surface area (Å²) in [6, 6.07) is 39.8. The zero-order valence-corrected chi connectivity index (χ0v) is 19.9. The predicted octanol–water partition coefficient (Wildman–Crippen LogP) is 9.31. The summed E-state index contributed by atoms with van der Waals surface area (Å²) in [5.41, 5.74) is 8.85. The molecule has 9 aromatic rings. The molecule has 3 heterocycles. The van der Waals surface area contributed by atoms with Crippen molar-refractivity contribution in [3.63, 3.8) is 0 Å². The highest BCUT2D eigenvalue weighted by atomic mass is 14.9. The molecule has 0 fully saturated rings. The van der Waals surface area contributed by atoms with Crippen molar-refractivity contribution in [3.05, 3.63) is 122 Å². The Labute approximate surface area is 212 Å². The Kier molecular flexibility index (Phi) is 3.56. The molecule has 170 valence electrons. The minimum absolute atomic E-state index is 1.22. The first-order chi connectivity index (χ1) is 18.4. The van der Waals surface area contributed by atoms with Gasteiger partial charge in [0.25, 0.3) is 0 Å². The summed E-state index contributed by atoms with van der Waals surface area (Å²) in [7, 11) is 0. The van der Waals surface area contributed by atoms with E-state index in [4.69, 9.17) is 0 Å². The number of hydrogen-bond acceptors (Lipinski definition) is 1. The van der Waals surface area contributed by atoms with E-state index in [0.29, 0.717) is 0 Å². The lowest BCUT2D eigenvalue weighted by Gasteiger charge is -2.10. The second-order valence-electron chi connectivity index (χ2n) is 9.99. The highest BCUT2D eigenvalue weighted by molar-refractivity contribution is 6.38. The van der Waals surface area contributed by atoms with Crippen LogP contribution in [-0.4, -0.2) is 9.38 Å². The van der Waals surface area contributed by atoms with Crippen LogP contribution in [0.2, 0.25) is 0 Å². The van der Waals surface area contributed by atoms with Crippen LogP contribution in [-0.2, 0) is 0 Å². The average Bonchev–Trinajstić information content (AvgIpc) is 3.50. The molecule has 0 amide bonds. The van der Waals surface area contributed by atoms with E-state index >= 15 is 0 Å². The van der Waals surface area contributed by atoms with E-state index in [9.17, 15) is 0 Å². The van der Waals surface area contributed by atoms with E-state index in [-0.39, 0.29) is 0 Å². The number of para-hydroxylation sites is 1. The molecule has 0 saturated carbocycles. The standard InChI is InChI=1S/C35H20N2/c1-2-6-21(7-3-1)22-12-14-23(15-13-22)24-8-4-10-28-29-17-16-27-25-18-19-36-20-30(25)26-9-5-11-31-32(26)33(27)35(29)37(31)34(24)28/h1-20H. The summed E-state index contributed by atoms with van der Waals surface area (Å²) in [5.74, 6) is 0. The molecule has 37 heavy (non-hydrogen) atoms. The maximum absolute atomic E-state index is 4.47. The zero-order valence-electron chi connectivity index (χ0n) is 19.9. The molecule has 0 unspecified atom stereocenters. The summed E-state index contributed by atoms with van der Waals surface area (Å²) in [6.45, 7) is 0. The van der Waals surface area contributed by atoms with Gasteiger partial charge in [0.15, 0.2) is 0 Å². The van der Waals surface area contributed by atoms with Gasteiger partial charge in [0.2, 0.25) is 0 Å². The summed E-state index contributed by atoms with van der Waals surface area (Å²) in [6.07, 6.45) is 3.93. The molecule has 6 aromatic carbocycles. The second kappa shape index (κ2) is 6.83. The molecule has 0 atom stereocenters. The van der Waals surface area contributed by atoms with Gasteiger partial charge in [0, 0.05) is 44.9 Å². The first-order valence-electron chi connectivity index (χ1n) is 12.7. The topological polar surface area (TPSA) is 17.3 Å². The Balaban J connectivity index is 1.43. The zero-order chi connectivity index (χ0) is 24.1. The van der Waals surface area contributed by atoms with Crippen molar-refractivity contribution >= 4 is 59.6 Å². The second-order valence-corrected chi connectivity index (χ2v) is 9.99. The van der Waals surface area contributed by atoms with Crippen LogP contribution in [0.1, 0.15) is 0 Å². The fourth-order valence-electron chi connectivity index (χ4n) is 6.64. The Bertz CT molecular complexity index is 2270. The number of aromatic nitrogens is 2. The number of nitrogens with zero attached hydrogens (tertiary/aromatic N) is 2. The number of benzene rings is 6. The highest BCUT2D eigenvalue weighted by Gasteiger charge is 2.23. The van der Waals surface area contributed by atoms with Crippen LogP contribution >= 0.6 is 0 Å². The third-order valence-corrected chi connectivity index (χ3v) is 8.19. The quantitative estimate of drug-likeness (QED) is 0.231. The van der Waals surface area contributed by atoms with Gasteiger partial charge in [-0.15, -0.1) is 0 Å². The molecular formula is C35H20N2. The Hall–Kier alpha value is -4.95. The van der Waals surface area contributed by atoms with Gasteiger partial charge in [-0.25, -0.2) is 0 Å². The molecular weight excluding hydrogens is 448 g/mol. The van der Waals surface area contributed by atoms with Crippen molar-refractivity contribution in [2.24, 2.45) is 0 Å². The smallest absolute Gasteiger partial charge is 0.0627 e. The largest absolute Gasteiger partial charge is 0.307 e. The summed E-state index contributed by atoms with van der Waals surface area (Å²) in [5, 5.41) is 10.4. The van der Waals surface area contributed by atoms with Gasteiger partial charge < -0.3 is 4.40 Å². The molecule has 0 bridgehead atoms. The summed E-state index contributed by atoms with van der Waals surface area (Å²) < 4.78 is 2.52. The van der Waals surface area contributed by atoms with Crippen LogP contribution in [0.4, 0.5) is 0 Å². The minimum Gasteiger partial charge on any atom is -0.307 e. The first-order valence-corrected chi connectivity index (χ1v) is 12.7. The normalized spacial score (nSPS) is 12.3. The monoisotopic (exact) mass is 468 g/mol. The first kappa shape index (κ1) is 19.3. The third-order valence-electron chi connectivity index (χ3n) is 8.19. The van der Waals surface area contributed by atoms with Crippen LogP contribution in [0, 0.1) is 0 Å². The highest BCUT2D eigenvalue weighted by Crippen LogP contribution is 2.48. The third kappa shape index (κ3) is 2.37. The van der Waals surface area contributed by atoms with Crippen molar-refractivity contribution in [2.45, 2.75) is 0 Å². The molecule has 2 nitrogen and oxygen atoms in total. The number of fused-ring (bicyclic) bond motifs is 7.